The number of hydrogen-bond donors (Lipinski definition) is 0. The molecule has 2 rings (SSSR count). The molecule has 23 heavy (non-hydrogen) atoms. The lowest BCUT2D eigenvalue weighted by atomic mass is 10.1. The molecule has 1 aromatic carbocycles. The Hall–Kier alpha value is -2.30. The summed E-state index contributed by atoms with van der Waals surface area (Å²) in [6.45, 7) is 7.17. The number of carbonyl (C=O) groups is 1. The summed E-state index contributed by atoms with van der Waals surface area (Å²) < 4.78 is 10.8. The largest absolute Gasteiger partial charge is 0.496 e. The van der Waals surface area contributed by atoms with Crippen molar-refractivity contribution in [1.29, 1.82) is 0 Å². The highest BCUT2D eigenvalue weighted by Gasteiger charge is 2.17. The molecule has 0 N–H and O–H groups in total. The third kappa shape index (κ3) is 4.34. The van der Waals surface area contributed by atoms with Gasteiger partial charge in [-0.15, -0.1) is 0 Å². The maximum atomic E-state index is 12.2. The van der Waals surface area contributed by atoms with Crippen LogP contribution in [0.4, 0.5) is 0 Å². The molecule has 0 aliphatic heterocycles. The molecule has 0 radical (unpaired) electrons. The van der Waals surface area contributed by atoms with Gasteiger partial charge < -0.3 is 14.2 Å². The number of aromatic nitrogens is 1. The van der Waals surface area contributed by atoms with Crippen LogP contribution in [-0.4, -0.2) is 29.6 Å². The van der Waals surface area contributed by atoms with Crippen LogP contribution in [0.2, 0.25) is 0 Å². The van der Waals surface area contributed by atoms with E-state index in [1.54, 1.807) is 12.0 Å². The fourth-order valence-corrected chi connectivity index (χ4v) is 2.41. The molecule has 0 saturated carbocycles. The van der Waals surface area contributed by atoms with Crippen molar-refractivity contribution in [3.63, 3.8) is 0 Å². The molecule has 0 bridgehead atoms. The van der Waals surface area contributed by atoms with Crippen molar-refractivity contribution in [2.75, 3.05) is 13.7 Å². The molecule has 5 heteroatoms. The molecule has 0 spiro atoms. The lowest BCUT2D eigenvalue weighted by molar-refractivity contribution is -0.132. The number of benzene rings is 1. The summed E-state index contributed by atoms with van der Waals surface area (Å²) in [5, 5.41) is 4.09. The fourth-order valence-electron chi connectivity index (χ4n) is 2.41. The van der Waals surface area contributed by atoms with Crippen LogP contribution < -0.4 is 4.74 Å². The van der Waals surface area contributed by atoms with Crippen LogP contribution in [0.25, 0.3) is 11.3 Å². The van der Waals surface area contributed by atoms with Gasteiger partial charge in [0.1, 0.15) is 11.4 Å². The normalized spacial score (nSPS) is 10.8. The van der Waals surface area contributed by atoms with Crippen LogP contribution in [0, 0.1) is 5.92 Å². The summed E-state index contributed by atoms with van der Waals surface area (Å²) in [5.41, 5.74) is 1.59. The quantitative estimate of drug-likeness (QED) is 0.780. The number of amides is 1. The molecular formula is C18H24N2O3. The molecule has 5 nitrogen and oxygen atoms in total. The molecule has 0 fully saturated rings. The van der Waals surface area contributed by atoms with Crippen molar-refractivity contribution in [2.24, 2.45) is 5.92 Å². The lowest BCUT2D eigenvalue weighted by Crippen LogP contribution is -2.31. The molecule has 2 aromatic rings. The first-order chi connectivity index (χ1) is 11.0. The van der Waals surface area contributed by atoms with Crippen molar-refractivity contribution in [1.82, 2.24) is 10.1 Å². The van der Waals surface area contributed by atoms with Crippen molar-refractivity contribution in [2.45, 2.75) is 33.7 Å². The minimum Gasteiger partial charge on any atom is -0.496 e. The van der Waals surface area contributed by atoms with Gasteiger partial charge in [0.2, 0.25) is 5.91 Å². The minimum absolute atomic E-state index is 0.143. The third-order valence-electron chi connectivity index (χ3n) is 3.60. The average Bonchev–Trinajstić information content (AvgIpc) is 3.00. The minimum atomic E-state index is 0.143. The Labute approximate surface area is 137 Å². The zero-order valence-corrected chi connectivity index (χ0v) is 14.2. The lowest BCUT2D eigenvalue weighted by Gasteiger charge is -2.20. The van der Waals surface area contributed by atoms with E-state index in [1.165, 1.54) is 0 Å². The Morgan fingerprint density at radius 1 is 1.35 bits per heavy atom. The number of rotatable bonds is 7. The standard InChI is InChI=1S/C18H24N2O3/c1-5-20(18(21)10-13(2)3)12-14-11-17(23-19-14)15-8-6-7-9-16(15)22-4/h6-9,11,13H,5,10,12H2,1-4H3. The maximum Gasteiger partial charge on any atom is 0.223 e. The molecule has 0 atom stereocenters. The summed E-state index contributed by atoms with van der Waals surface area (Å²) in [6, 6.07) is 9.49. The van der Waals surface area contributed by atoms with Gasteiger partial charge in [-0.05, 0) is 25.0 Å². The molecule has 0 unspecified atom stereocenters. The van der Waals surface area contributed by atoms with E-state index in [4.69, 9.17) is 9.26 Å². The van der Waals surface area contributed by atoms with Crippen LogP contribution in [0.5, 0.6) is 5.75 Å². The highest BCUT2D eigenvalue weighted by molar-refractivity contribution is 5.76. The number of para-hydroxylation sites is 1. The monoisotopic (exact) mass is 316 g/mol. The molecule has 0 aliphatic rings. The molecule has 124 valence electrons. The second kappa shape index (κ2) is 7.81. The number of methoxy groups -OCH3 is 1. The van der Waals surface area contributed by atoms with Crippen LogP contribution in [0.1, 0.15) is 32.9 Å². The van der Waals surface area contributed by atoms with E-state index < -0.39 is 0 Å². The second-order valence-corrected chi connectivity index (χ2v) is 5.89. The highest BCUT2D eigenvalue weighted by atomic mass is 16.5. The van der Waals surface area contributed by atoms with E-state index in [9.17, 15) is 4.79 Å². The summed E-state index contributed by atoms with van der Waals surface area (Å²) in [5.74, 6) is 1.87. The molecule has 1 heterocycles. The first kappa shape index (κ1) is 17.1. The maximum absolute atomic E-state index is 12.2. The highest BCUT2D eigenvalue weighted by Crippen LogP contribution is 2.30. The Morgan fingerprint density at radius 3 is 2.74 bits per heavy atom. The SMILES string of the molecule is CCN(Cc1cc(-c2ccccc2OC)on1)C(=O)CC(C)C. The van der Waals surface area contributed by atoms with Crippen molar-refractivity contribution in [3.8, 4) is 17.1 Å². The first-order valence-electron chi connectivity index (χ1n) is 7.91. The van der Waals surface area contributed by atoms with Crippen molar-refractivity contribution in [3.05, 3.63) is 36.0 Å². The van der Waals surface area contributed by atoms with Crippen LogP contribution in [0.3, 0.4) is 0 Å². The van der Waals surface area contributed by atoms with Gasteiger partial charge in [-0.25, -0.2) is 0 Å². The number of carbonyl (C=O) groups excluding carboxylic acids is 1. The van der Waals surface area contributed by atoms with E-state index >= 15 is 0 Å². The second-order valence-electron chi connectivity index (χ2n) is 5.89. The van der Waals surface area contributed by atoms with Gasteiger partial charge in [0.15, 0.2) is 5.76 Å². The van der Waals surface area contributed by atoms with Crippen molar-refractivity contribution < 1.29 is 14.1 Å². The van der Waals surface area contributed by atoms with Gasteiger partial charge in [-0.3, -0.25) is 4.79 Å². The zero-order chi connectivity index (χ0) is 16.8. The van der Waals surface area contributed by atoms with E-state index in [1.807, 2.05) is 51.1 Å². The summed E-state index contributed by atoms with van der Waals surface area (Å²) >= 11 is 0. The van der Waals surface area contributed by atoms with Crippen LogP contribution in [-0.2, 0) is 11.3 Å². The smallest absolute Gasteiger partial charge is 0.223 e. The van der Waals surface area contributed by atoms with E-state index in [-0.39, 0.29) is 5.91 Å². The number of ether oxygens (including phenoxy) is 1. The Morgan fingerprint density at radius 2 is 2.09 bits per heavy atom. The molecule has 1 amide bonds. The van der Waals surface area contributed by atoms with Crippen molar-refractivity contribution >= 4 is 5.91 Å². The van der Waals surface area contributed by atoms with E-state index in [2.05, 4.69) is 5.16 Å². The Kier molecular flexibility index (Phi) is 5.79. The fraction of sp³-hybridized carbons (Fsp3) is 0.444. The van der Waals surface area contributed by atoms with Crippen LogP contribution in [0.15, 0.2) is 34.9 Å². The predicted molar refractivity (Wildman–Crippen MR) is 89.0 cm³/mol. The van der Waals surface area contributed by atoms with Gasteiger partial charge >= 0.3 is 0 Å². The molecule has 0 aliphatic carbocycles. The average molecular weight is 316 g/mol. The Bertz CT molecular complexity index is 649. The first-order valence-corrected chi connectivity index (χ1v) is 7.91. The predicted octanol–water partition coefficient (Wildman–Crippen LogP) is 3.74. The summed E-state index contributed by atoms with van der Waals surface area (Å²) in [7, 11) is 1.62. The van der Waals surface area contributed by atoms with Gasteiger partial charge in [-0.2, -0.15) is 0 Å². The van der Waals surface area contributed by atoms with Gasteiger partial charge in [0.05, 0.1) is 19.2 Å². The van der Waals surface area contributed by atoms with Gasteiger partial charge in [-0.1, -0.05) is 31.1 Å². The topological polar surface area (TPSA) is 55.6 Å². The van der Waals surface area contributed by atoms with E-state index in [0.717, 1.165) is 17.0 Å². The van der Waals surface area contributed by atoms with E-state index in [0.29, 0.717) is 31.2 Å². The van der Waals surface area contributed by atoms with Crippen LogP contribution >= 0.6 is 0 Å². The summed E-state index contributed by atoms with van der Waals surface area (Å²) in [4.78, 5) is 14.0. The molecular weight excluding hydrogens is 292 g/mol. The number of hydrogen-bond acceptors (Lipinski definition) is 4. The Balaban J connectivity index is 2.14. The summed E-state index contributed by atoms with van der Waals surface area (Å²) in [6.07, 6.45) is 0.547. The van der Waals surface area contributed by atoms with Gasteiger partial charge in [0.25, 0.3) is 0 Å². The third-order valence-corrected chi connectivity index (χ3v) is 3.60. The number of nitrogens with zero attached hydrogens (tertiary/aromatic N) is 2. The zero-order valence-electron chi connectivity index (χ0n) is 14.2. The van der Waals surface area contributed by atoms with Gasteiger partial charge in [0, 0.05) is 19.0 Å². The molecule has 1 aromatic heterocycles. The molecule has 0 saturated heterocycles.